The van der Waals surface area contributed by atoms with E-state index in [0.29, 0.717) is 0 Å². The largest absolute Gasteiger partial charge is 0.349 e. The molecule has 3 nitrogen and oxygen atoms in total. The third kappa shape index (κ3) is 3.39. The van der Waals surface area contributed by atoms with Gasteiger partial charge in [-0.25, -0.2) is 0 Å². The lowest BCUT2D eigenvalue weighted by Gasteiger charge is -2.13. The Labute approximate surface area is 96.1 Å². The van der Waals surface area contributed by atoms with E-state index in [1.807, 2.05) is 25.1 Å². The van der Waals surface area contributed by atoms with E-state index in [0.717, 1.165) is 12.0 Å². The molecule has 1 amide bonds. The zero-order valence-electron chi connectivity index (χ0n) is 9.66. The first kappa shape index (κ1) is 12.3. The highest BCUT2D eigenvalue weighted by atomic mass is 16.1. The van der Waals surface area contributed by atoms with E-state index in [4.69, 9.17) is 5.26 Å². The molecule has 0 aliphatic carbocycles. The standard InChI is InChI=1S/C13H16N2O/c1-3-11-4-6-12(7-5-11)10(2)15-13(16)8-9-14/h4-7,10H,3,8H2,1-2H3,(H,15,16)/t10-/m1/s1. The number of benzene rings is 1. The maximum Gasteiger partial charge on any atom is 0.234 e. The number of nitriles is 1. The van der Waals surface area contributed by atoms with Crippen LogP contribution in [0.4, 0.5) is 0 Å². The number of carbonyl (C=O) groups is 1. The van der Waals surface area contributed by atoms with Crippen molar-refractivity contribution < 1.29 is 4.79 Å². The predicted octanol–water partition coefficient (Wildman–Crippen LogP) is 2.34. The molecule has 0 spiro atoms. The molecular weight excluding hydrogens is 200 g/mol. The Hall–Kier alpha value is -1.82. The van der Waals surface area contributed by atoms with Crippen LogP contribution < -0.4 is 5.32 Å². The Morgan fingerprint density at radius 1 is 1.44 bits per heavy atom. The van der Waals surface area contributed by atoms with Crippen LogP contribution in [0.15, 0.2) is 24.3 Å². The molecule has 1 aromatic rings. The van der Waals surface area contributed by atoms with Gasteiger partial charge in [0, 0.05) is 0 Å². The van der Waals surface area contributed by atoms with E-state index in [1.165, 1.54) is 5.56 Å². The van der Waals surface area contributed by atoms with Crippen LogP contribution in [0.1, 0.15) is 37.4 Å². The maximum absolute atomic E-state index is 11.2. The molecule has 0 aliphatic heterocycles. The fourth-order valence-electron chi connectivity index (χ4n) is 1.49. The molecule has 3 heteroatoms. The van der Waals surface area contributed by atoms with Gasteiger partial charge in [-0.15, -0.1) is 0 Å². The molecule has 0 radical (unpaired) electrons. The number of carbonyl (C=O) groups excluding carboxylic acids is 1. The fraction of sp³-hybridized carbons (Fsp3) is 0.385. The third-order valence-electron chi connectivity index (χ3n) is 2.51. The van der Waals surface area contributed by atoms with Crippen molar-refractivity contribution in [1.29, 1.82) is 5.26 Å². The van der Waals surface area contributed by atoms with Crippen molar-refractivity contribution in [2.75, 3.05) is 0 Å². The van der Waals surface area contributed by atoms with E-state index < -0.39 is 0 Å². The van der Waals surface area contributed by atoms with E-state index in [9.17, 15) is 4.79 Å². The molecule has 1 atom stereocenters. The zero-order valence-corrected chi connectivity index (χ0v) is 9.66. The van der Waals surface area contributed by atoms with Gasteiger partial charge in [-0.05, 0) is 24.5 Å². The highest BCUT2D eigenvalue weighted by Gasteiger charge is 2.08. The molecule has 1 rings (SSSR count). The smallest absolute Gasteiger partial charge is 0.234 e. The molecule has 0 fully saturated rings. The van der Waals surface area contributed by atoms with Crippen LogP contribution in [0.2, 0.25) is 0 Å². The van der Waals surface area contributed by atoms with Crippen molar-refractivity contribution in [2.45, 2.75) is 32.7 Å². The van der Waals surface area contributed by atoms with Crippen LogP contribution in [0, 0.1) is 11.3 Å². The molecule has 1 aromatic carbocycles. The minimum atomic E-state index is -0.227. The summed E-state index contributed by atoms with van der Waals surface area (Å²) in [5.74, 6) is -0.227. The van der Waals surface area contributed by atoms with Crippen molar-refractivity contribution in [3.05, 3.63) is 35.4 Å². The van der Waals surface area contributed by atoms with Crippen molar-refractivity contribution >= 4 is 5.91 Å². The van der Waals surface area contributed by atoms with E-state index in [2.05, 4.69) is 24.4 Å². The summed E-state index contributed by atoms with van der Waals surface area (Å²) in [6.07, 6.45) is 0.923. The first-order valence-electron chi connectivity index (χ1n) is 5.42. The van der Waals surface area contributed by atoms with Gasteiger partial charge >= 0.3 is 0 Å². The minimum Gasteiger partial charge on any atom is -0.349 e. The van der Waals surface area contributed by atoms with Gasteiger partial charge in [0.25, 0.3) is 0 Å². The topological polar surface area (TPSA) is 52.9 Å². The predicted molar refractivity (Wildman–Crippen MR) is 62.6 cm³/mol. The molecule has 1 N–H and O–H groups in total. The van der Waals surface area contributed by atoms with E-state index in [-0.39, 0.29) is 18.4 Å². The zero-order chi connectivity index (χ0) is 12.0. The van der Waals surface area contributed by atoms with E-state index in [1.54, 1.807) is 0 Å². The second kappa shape index (κ2) is 5.92. The van der Waals surface area contributed by atoms with Gasteiger partial charge in [-0.2, -0.15) is 5.26 Å². The van der Waals surface area contributed by atoms with Crippen molar-refractivity contribution in [3.63, 3.8) is 0 Å². The quantitative estimate of drug-likeness (QED) is 0.839. The van der Waals surface area contributed by atoms with Crippen LogP contribution in [0.3, 0.4) is 0 Å². The van der Waals surface area contributed by atoms with Gasteiger partial charge in [0.1, 0.15) is 6.42 Å². The summed E-state index contributed by atoms with van der Waals surface area (Å²) in [4.78, 5) is 11.2. The molecular formula is C13H16N2O. The third-order valence-corrected chi connectivity index (χ3v) is 2.51. The lowest BCUT2D eigenvalue weighted by Crippen LogP contribution is -2.25. The van der Waals surface area contributed by atoms with Crippen molar-refractivity contribution in [3.8, 4) is 6.07 Å². The number of nitrogens with zero attached hydrogens (tertiary/aromatic N) is 1. The number of amides is 1. The number of nitrogens with one attached hydrogen (secondary N) is 1. The summed E-state index contributed by atoms with van der Waals surface area (Å²) < 4.78 is 0. The summed E-state index contributed by atoms with van der Waals surface area (Å²) in [5, 5.41) is 11.2. The van der Waals surface area contributed by atoms with Crippen molar-refractivity contribution in [1.82, 2.24) is 5.32 Å². The first-order chi connectivity index (χ1) is 7.67. The number of rotatable bonds is 4. The van der Waals surface area contributed by atoms with Gasteiger partial charge in [0.2, 0.25) is 5.91 Å². The first-order valence-corrected chi connectivity index (χ1v) is 5.42. The maximum atomic E-state index is 11.2. The van der Waals surface area contributed by atoms with Crippen LogP contribution in [0.25, 0.3) is 0 Å². The Morgan fingerprint density at radius 2 is 2.06 bits per heavy atom. The van der Waals surface area contributed by atoms with Gasteiger partial charge in [0.15, 0.2) is 0 Å². The Kier molecular flexibility index (Phi) is 4.53. The summed E-state index contributed by atoms with van der Waals surface area (Å²) in [6.45, 7) is 4.02. The number of hydrogen-bond acceptors (Lipinski definition) is 2. The summed E-state index contributed by atoms with van der Waals surface area (Å²) in [6, 6.07) is 9.92. The molecule has 0 heterocycles. The van der Waals surface area contributed by atoms with Crippen molar-refractivity contribution in [2.24, 2.45) is 0 Å². The van der Waals surface area contributed by atoms with E-state index >= 15 is 0 Å². The molecule has 84 valence electrons. The average molecular weight is 216 g/mol. The van der Waals surface area contributed by atoms with Gasteiger partial charge in [-0.1, -0.05) is 31.2 Å². The highest BCUT2D eigenvalue weighted by molar-refractivity contribution is 5.78. The second-order valence-corrected chi connectivity index (χ2v) is 3.72. The minimum absolute atomic E-state index is 0.0493. The lowest BCUT2D eigenvalue weighted by atomic mass is 10.0. The average Bonchev–Trinajstić information content (AvgIpc) is 2.29. The molecule has 0 saturated heterocycles. The fourth-order valence-corrected chi connectivity index (χ4v) is 1.49. The molecule has 0 bridgehead atoms. The molecule has 0 saturated carbocycles. The molecule has 16 heavy (non-hydrogen) atoms. The number of hydrogen-bond donors (Lipinski definition) is 1. The van der Waals surface area contributed by atoms with Gasteiger partial charge in [-0.3, -0.25) is 4.79 Å². The SMILES string of the molecule is CCc1ccc([C@@H](C)NC(=O)CC#N)cc1. The highest BCUT2D eigenvalue weighted by Crippen LogP contribution is 2.13. The van der Waals surface area contributed by atoms with Crippen LogP contribution >= 0.6 is 0 Å². The Morgan fingerprint density at radius 3 is 2.56 bits per heavy atom. The number of aryl methyl sites for hydroxylation is 1. The lowest BCUT2D eigenvalue weighted by molar-refractivity contribution is -0.120. The Bertz CT molecular complexity index is 389. The monoisotopic (exact) mass is 216 g/mol. The van der Waals surface area contributed by atoms with Crippen LogP contribution in [-0.2, 0) is 11.2 Å². The summed E-state index contributed by atoms with van der Waals surface area (Å²) >= 11 is 0. The second-order valence-electron chi connectivity index (χ2n) is 3.72. The van der Waals surface area contributed by atoms with Crippen LogP contribution in [-0.4, -0.2) is 5.91 Å². The summed E-state index contributed by atoms with van der Waals surface area (Å²) in [5.41, 5.74) is 2.34. The molecule has 0 unspecified atom stereocenters. The Balaban J connectivity index is 2.62. The molecule has 0 aromatic heterocycles. The van der Waals surface area contributed by atoms with Crippen LogP contribution in [0.5, 0.6) is 0 Å². The summed E-state index contributed by atoms with van der Waals surface area (Å²) in [7, 11) is 0. The molecule has 0 aliphatic rings. The normalized spacial score (nSPS) is 11.6. The van der Waals surface area contributed by atoms with Gasteiger partial charge in [0.05, 0.1) is 12.1 Å². The van der Waals surface area contributed by atoms with Gasteiger partial charge < -0.3 is 5.32 Å².